The summed E-state index contributed by atoms with van der Waals surface area (Å²) in [4.78, 5) is 0. The van der Waals surface area contributed by atoms with E-state index in [2.05, 4.69) is 17.4 Å². The molecule has 6 heteroatoms. The molecule has 0 saturated carbocycles. The Kier molecular flexibility index (Phi) is 5.95. The smallest absolute Gasteiger partial charge is 0.194 e. The van der Waals surface area contributed by atoms with Crippen LogP contribution in [0.3, 0.4) is 0 Å². The number of hydrogen-bond acceptors (Lipinski definition) is 4. The molecule has 0 fully saturated rings. The maximum atomic E-state index is 5.75. The van der Waals surface area contributed by atoms with Crippen LogP contribution in [0.25, 0.3) is 0 Å². The zero-order valence-corrected chi connectivity index (χ0v) is 17.7. The monoisotopic (exact) mass is 417 g/mol. The summed E-state index contributed by atoms with van der Waals surface area (Å²) in [6.07, 6.45) is 0.712. The Bertz CT molecular complexity index is 1050. The molecule has 0 aromatic heterocycles. The van der Waals surface area contributed by atoms with Gasteiger partial charge in [0, 0.05) is 23.7 Å². The van der Waals surface area contributed by atoms with Crippen molar-refractivity contribution in [3.05, 3.63) is 90.0 Å². The van der Waals surface area contributed by atoms with Crippen molar-refractivity contribution in [1.82, 2.24) is 5.01 Å². The maximum absolute atomic E-state index is 5.75. The number of methoxy groups -OCH3 is 2. The third-order valence-corrected chi connectivity index (χ3v) is 5.34. The summed E-state index contributed by atoms with van der Waals surface area (Å²) in [6.45, 7) is 0. The van der Waals surface area contributed by atoms with Crippen LogP contribution in [-0.4, -0.2) is 30.1 Å². The maximum Gasteiger partial charge on any atom is 0.194 e. The normalized spacial score (nSPS) is 15.5. The third-order valence-electron chi connectivity index (χ3n) is 5.05. The molecule has 4 rings (SSSR count). The minimum absolute atomic E-state index is 0.0928. The third kappa shape index (κ3) is 4.14. The predicted octanol–water partition coefficient (Wildman–Crippen LogP) is 5.25. The Labute approximate surface area is 181 Å². The Balaban J connectivity index is 1.70. The van der Waals surface area contributed by atoms with Gasteiger partial charge < -0.3 is 14.8 Å². The number of nitrogens with one attached hydrogen (secondary N) is 1. The molecule has 1 N–H and O–H groups in total. The van der Waals surface area contributed by atoms with Crippen molar-refractivity contribution in [3.8, 4) is 11.5 Å². The van der Waals surface area contributed by atoms with Gasteiger partial charge in [-0.05, 0) is 42.0 Å². The van der Waals surface area contributed by atoms with Crippen LogP contribution >= 0.6 is 12.2 Å². The molecule has 1 heterocycles. The average Bonchev–Trinajstić information content (AvgIpc) is 3.25. The van der Waals surface area contributed by atoms with Gasteiger partial charge in [-0.3, -0.25) is 0 Å². The van der Waals surface area contributed by atoms with Gasteiger partial charge in [-0.25, -0.2) is 5.01 Å². The van der Waals surface area contributed by atoms with Gasteiger partial charge in [0.25, 0.3) is 0 Å². The highest BCUT2D eigenvalue weighted by atomic mass is 32.1. The van der Waals surface area contributed by atoms with Gasteiger partial charge in [0.1, 0.15) is 11.5 Å². The fraction of sp³-hybridized carbons (Fsp3) is 0.167. The molecular formula is C24H23N3O2S. The van der Waals surface area contributed by atoms with Crippen molar-refractivity contribution in [2.45, 2.75) is 12.5 Å². The quantitative estimate of drug-likeness (QED) is 0.575. The fourth-order valence-corrected chi connectivity index (χ4v) is 3.83. The summed E-state index contributed by atoms with van der Waals surface area (Å²) >= 11 is 5.75. The van der Waals surface area contributed by atoms with Crippen molar-refractivity contribution in [3.63, 3.8) is 0 Å². The lowest BCUT2D eigenvalue weighted by atomic mass is 9.97. The zero-order chi connectivity index (χ0) is 20.9. The summed E-state index contributed by atoms with van der Waals surface area (Å²) in [5.41, 5.74) is 3.99. The molecule has 0 spiro atoms. The Morgan fingerprint density at radius 1 is 0.967 bits per heavy atom. The number of hydrazone groups is 1. The van der Waals surface area contributed by atoms with Crippen LogP contribution in [0, 0.1) is 0 Å². The van der Waals surface area contributed by atoms with Gasteiger partial charge in [-0.1, -0.05) is 48.5 Å². The number of rotatable bonds is 5. The fourth-order valence-electron chi connectivity index (χ4n) is 3.54. The van der Waals surface area contributed by atoms with Crippen molar-refractivity contribution in [1.29, 1.82) is 0 Å². The largest absolute Gasteiger partial charge is 0.497 e. The molecule has 0 aliphatic carbocycles. The highest BCUT2D eigenvalue weighted by Crippen LogP contribution is 2.39. The molecule has 1 aliphatic rings. The van der Waals surface area contributed by atoms with E-state index in [9.17, 15) is 0 Å². The first-order valence-corrected chi connectivity index (χ1v) is 10.1. The van der Waals surface area contributed by atoms with Crippen molar-refractivity contribution in [2.75, 3.05) is 19.5 Å². The van der Waals surface area contributed by atoms with Crippen LogP contribution in [-0.2, 0) is 0 Å². The minimum atomic E-state index is -0.0928. The molecule has 3 aromatic carbocycles. The number of benzene rings is 3. The second kappa shape index (κ2) is 8.97. The van der Waals surface area contributed by atoms with Gasteiger partial charge in [0.2, 0.25) is 0 Å². The summed E-state index contributed by atoms with van der Waals surface area (Å²) in [7, 11) is 3.31. The van der Waals surface area contributed by atoms with Crippen LogP contribution in [0.4, 0.5) is 5.69 Å². The SMILES string of the molecule is COc1ccc(C2CC(c3ccccc3)=NN2C(=S)Nc2ccccc2)c(OC)c1. The minimum Gasteiger partial charge on any atom is -0.497 e. The Hall–Kier alpha value is -3.38. The summed E-state index contributed by atoms with van der Waals surface area (Å²) in [5.74, 6) is 1.49. The van der Waals surface area contributed by atoms with E-state index in [0.29, 0.717) is 11.5 Å². The topological polar surface area (TPSA) is 46.1 Å². The number of para-hydroxylation sites is 1. The van der Waals surface area contributed by atoms with Crippen molar-refractivity contribution >= 4 is 28.7 Å². The van der Waals surface area contributed by atoms with Gasteiger partial charge >= 0.3 is 0 Å². The summed E-state index contributed by atoms with van der Waals surface area (Å²) < 4.78 is 11.0. The first kappa shape index (κ1) is 19.9. The Morgan fingerprint density at radius 3 is 2.33 bits per heavy atom. The molecule has 3 aromatic rings. The van der Waals surface area contributed by atoms with Gasteiger partial charge in [0.15, 0.2) is 5.11 Å². The second-order valence-corrected chi connectivity index (χ2v) is 7.27. The van der Waals surface area contributed by atoms with Crippen LogP contribution in [0.2, 0.25) is 0 Å². The summed E-state index contributed by atoms with van der Waals surface area (Å²) in [6, 6.07) is 25.8. The molecule has 0 amide bonds. The predicted molar refractivity (Wildman–Crippen MR) is 124 cm³/mol. The second-order valence-electron chi connectivity index (χ2n) is 6.88. The number of thiocarbonyl (C=S) groups is 1. The van der Waals surface area contributed by atoms with E-state index in [1.165, 1.54) is 0 Å². The molecule has 0 radical (unpaired) electrons. The van der Waals surface area contributed by atoms with Gasteiger partial charge in [-0.2, -0.15) is 5.10 Å². The van der Waals surface area contributed by atoms with Gasteiger partial charge in [-0.15, -0.1) is 0 Å². The Morgan fingerprint density at radius 2 is 1.67 bits per heavy atom. The standard InChI is InChI=1S/C24H23N3O2S/c1-28-19-13-14-20(23(15-19)29-2)22-16-21(17-9-5-3-6-10-17)26-27(22)24(30)25-18-11-7-4-8-12-18/h3-15,22H,16H2,1-2H3,(H,25,30). The van der Waals surface area contributed by atoms with Crippen LogP contribution < -0.4 is 14.8 Å². The van der Waals surface area contributed by atoms with Crippen LogP contribution in [0.5, 0.6) is 11.5 Å². The number of ether oxygens (including phenoxy) is 2. The zero-order valence-electron chi connectivity index (χ0n) is 16.9. The molecule has 30 heavy (non-hydrogen) atoms. The molecule has 0 bridgehead atoms. The van der Waals surface area contributed by atoms with E-state index in [0.717, 1.165) is 34.0 Å². The lowest BCUT2D eigenvalue weighted by Crippen LogP contribution is -2.31. The molecule has 0 saturated heterocycles. The molecule has 1 atom stereocenters. The van der Waals surface area contributed by atoms with Crippen LogP contribution in [0.15, 0.2) is 84.0 Å². The highest BCUT2D eigenvalue weighted by molar-refractivity contribution is 7.80. The first-order valence-electron chi connectivity index (χ1n) is 9.69. The number of anilines is 1. The van der Waals surface area contributed by atoms with Crippen LogP contribution in [0.1, 0.15) is 23.6 Å². The number of hydrogen-bond donors (Lipinski definition) is 1. The number of nitrogens with zero attached hydrogens (tertiary/aromatic N) is 2. The molecule has 1 aliphatic heterocycles. The van der Waals surface area contributed by atoms with Crippen molar-refractivity contribution in [2.24, 2.45) is 5.10 Å². The van der Waals surface area contributed by atoms with E-state index in [1.54, 1.807) is 14.2 Å². The molecule has 152 valence electrons. The average molecular weight is 418 g/mol. The molecular weight excluding hydrogens is 394 g/mol. The van der Waals surface area contributed by atoms with E-state index in [-0.39, 0.29) is 6.04 Å². The van der Waals surface area contributed by atoms with E-state index >= 15 is 0 Å². The lowest BCUT2D eigenvalue weighted by Gasteiger charge is -2.26. The lowest BCUT2D eigenvalue weighted by molar-refractivity contribution is 0.346. The first-order chi connectivity index (χ1) is 14.7. The van der Waals surface area contributed by atoms with E-state index in [1.807, 2.05) is 71.7 Å². The summed E-state index contributed by atoms with van der Waals surface area (Å²) in [5, 5.41) is 10.6. The molecule has 5 nitrogen and oxygen atoms in total. The van der Waals surface area contributed by atoms with E-state index < -0.39 is 0 Å². The van der Waals surface area contributed by atoms with E-state index in [4.69, 9.17) is 26.8 Å². The van der Waals surface area contributed by atoms with Gasteiger partial charge in [0.05, 0.1) is 26.0 Å². The van der Waals surface area contributed by atoms with Crippen molar-refractivity contribution < 1.29 is 9.47 Å². The highest BCUT2D eigenvalue weighted by Gasteiger charge is 2.33. The molecule has 1 unspecified atom stereocenters.